The van der Waals surface area contributed by atoms with E-state index in [1.165, 1.54) is 12.8 Å². The van der Waals surface area contributed by atoms with Gasteiger partial charge in [-0.2, -0.15) is 0 Å². The van der Waals surface area contributed by atoms with Crippen molar-refractivity contribution < 1.29 is 9.53 Å². The summed E-state index contributed by atoms with van der Waals surface area (Å²) in [4.78, 5) is 11.2. The lowest BCUT2D eigenvalue weighted by Crippen LogP contribution is -2.23. The average molecular weight is 248 g/mol. The normalized spacial score (nSPS) is 23.6. The summed E-state index contributed by atoms with van der Waals surface area (Å²) in [5, 5.41) is 0. The van der Waals surface area contributed by atoms with E-state index in [9.17, 15) is 4.79 Å². The van der Waals surface area contributed by atoms with E-state index >= 15 is 0 Å². The van der Waals surface area contributed by atoms with Crippen molar-refractivity contribution >= 4 is 11.6 Å². The molecule has 18 heavy (non-hydrogen) atoms. The topological polar surface area (TPSA) is 78.3 Å². The lowest BCUT2D eigenvalue weighted by Gasteiger charge is -2.27. The molecule has 2 rings (SSSR count). The Morgan fingerprint density at radius 3 is 2.56 bits per heavy atom. The number of primary amides is 1. The van der Waals surface area contributed by atoms with Crippen molar-refractivity contribution in [3.63, 3.8) is 0 Å². The fourth-order valence-electron chi connectivity index (χ4n) is 2.36. The molecule has 0 radical (unpaired) electrons. The third kappa shape index (κ3) is 2.94. The van der Waals surface area contributed by atoms with Crippen LogP contribution in [0.2, 0.25) is 0 Å². The van der Waals surface area contributed by atoms with E-state index in [1.807, 2.05) is 0 Å². The third-order valence-corrected chi connectivity index (χ3v) is 3.56. The molecule has 1 fully saturated rings. The Morgan fingerprint density at radius 2 is 1.94 bits per heavy atom. The molecule has 1 aliphatic carbocycles. The number of benzene rings is 1. The van der Waals surface area contributed by atoms with Gasteiger partial charge in [-0.15, -0.1) is 0 Å². The van der Waals surface area contributed by atoms with E-state index in [2.05, 4.69) is 6.92 Å². The van der Waals surface area contributed by atoms with Gasteiger partial charge in [-0.1, -0.05) is 6.92 Å². The Labute approximate surface area is 107 Å². The molecular weight excluding hydrogens is 228 g/mol. The SMILES string of the molecule is CC1CCC(Oc2ccc(N)c(C(N)=O)c2)CC1. The Kier molecular flexibility index (Phi) is 3.75. The fraction of sp³-hybridized carbons (Fsp3) is 0.500. The number of ether oxygens (including phenoxy) is 1. The molecule has 0 saturated heterocycles. The second-order valence-electron chi connectivity index (χ2n) is 5.11. The number of hydrogen-bond acceptors (Lipinski definition) is 3. The summed E-state index contributed by atoms with van der Waals surface area (Å²) in [5.41, 5.74) is 11.7. The molecule has 4 nitrogen and oxygen atoms in total. The molecule has 1 aromatic carbocycles. The lowest BCUT2D eigenvalue weighted by molar-refractivity contribution is 0.0999. The highest BCUT2D eigenvalue weighted by Gasteiger charge is 2.20. The second kappa shape index (κ2) is 5.29. The first-order valence-corrected chi connectivity index (χ1v) is 6.42. The first-order chi connectivity index (χ1) is 8.56. The Hall–Kier alpha value is -1.71. The molecule has 1 aliphatic rings. The van der Waals surface area contributed by atoms with Crippen LogP contribution in [-0.4, -0.2) is 12.0 Å². The molecule has 0 aromatic heterocycles. The van der Waals surface area contributed by atoms with Crippen LogP contribution in [0.15, 0.2) is 18.2 Å². The van der Waals surface area contributed by atoms with Gasteiger partial charge in [0.05, 0.1) is 11.7 Å². The van der Waals surface area contributed by atoms with Gasteiger partial charge in [0.1, 0.15) is 5.75 Å². The van der Waals surface area contributed by atoms with Gasteiger partial charge in [-0.25, -0.2) is 0 Å². The summed E-state index contributed by atoms with van der Waals surface area (Å²) >= 11 is 0. The summed E-state index contributed by atoms with van der Waals surface area (Å²) in [6.45, 7) is 2.27. The fourth-order valence-corrected chi connectivity index (χ4v) is 2.36. The first kappa shape index (κ1) is 12.7. The lowest BCUT2D eigenvalue weighted by atomic mass is 9.89. The maximum absolute atomic E-state index is 11.2. The predicted octanol–water partition coefficient (Wildman–Crippen LogP) is 2.33. The van der Waals surface area contributed by atoms with Crippen LogP contribution in [0, 0.1) is 5.92 Å². The van der Waals surface area contributed by atoms with E-state index in [0.717, 1.165) is 18.8 Å². The van der Waals surface area contributed by atoms with Crippen molar-refractivity contribution in [3.05, 3.63) is 23.8 Å². The van der Waals surface area contributed by atoms with E-state index in [-0.39, 0.29) is 6.10 Å². The number of carbonyl (C=O) groups excluding carboxylic acids is 1. The van der Waals surface area contributed by atoms with Crippen molar-refractivity contribution in [2.75, 3.05) is 5.73 Å². The Balaban J connectivity index is 2.05. The molecule has 1 aromatic rings. The van der Waals surface area contributed by atoms with Gasteiger partial charge in [-0.3, -0.25) is 4.79 Å². The minimum atomic E-state index is -0.518. The number of carbonyl (C=O) groups is 1. The predicted molar refractivity (Wildman–Crippen MR) is 71.4 cm³/mol. The first-order valence-electron chi connectivity index (χ1n) is 6.42. The second-order valence-corrected chi connectivity index (χ2v) is 5.11. The van der Waals surface area contributed by atoms with E-state index in [0.29, 0.717) is 17.0 Å². The number of nitrogens with two attached hydrogens (primary N) is 2. The maximum Gasteiger partial charge on any atom is 0.250 e. The molecule has 0 unspecified atom stereocenters. The van der Waals surface area contributed by atoms with Crippen molar-refractivity contribution in [2.24, 2.45) is 11.7 Å². The van der Waals surface area contributed by atoms with Gasteiger partial charge in [0.25, 0.3) is 5.91 Å². The minimum absolute atomic E-state index is 0.241. The highest BCUT2D eigenvalue weighted by atomic mass is 16.5. The molecule has 0 atom stereocenters. The van der Waals surface area contributed by atoms with Crippen LogP contribution in [0.25, 0.3) is 0 Å². The number of amides is 1. The van der Waals surface area contributed by atoms with Crippen LogP contribution in [0.4, 0.5) is 5.69 Å². The molecule has 0 aliphatic heterocycles. The molecule has 4 N–H and O–H groups in total. The van der Waals surface area contributed by atoms with E-state index in [4.69, 9.17) is 16.2 Å². The molecular formula is C14H20N2O2. The highest BCUT2D eigenvalue weighted by molar-refractivity contribution is 5.98. The quantitative estimate of drug-likeness (QED) is 0.806. The van der Waals surface area contributed by atoms with Crippen LogP contribution in [0.3, 0.4) is 0 Å². The maximum atomic E-state index is 11.2. The van der Waals surface area contributed by atoms with Gasteiger partial charge in [0.2, 0.25) is 0 Å². The molecule has 0 spiro atoms. The average Bonchev–Trinajstić information content (AvgIpc) is 2.34. The van der Waals surface area contributed by atoms with Gasteiger partial charge in [0.15, 0.2) is 0 Å². The van der Waals surface area contributed by atoms with Crippen molar-refractivity contribution in [2.45, 2.75) is 38.7 Å². The Bertz CT molecular complexity index is 437. The van der Waals surface area contributed by atoms with E-state index in [1.54, 1.807) is 18.2 Å². The van der Waals surface area contributed by atoms with Crippen LogP contribution in [0.1, 0.15) is 43.0 Å². The van der Waals surface area contributed by atoms with Crippen molar-refractivity contribution in [1.82, 2.24) is 0 Å². The van der Waals surface area contributed by atoms with Gasteiger partial charge in [-0.05, 0) is 49.8 Å². The van der Waals surface area contributed by atoms with Crippen LogP contribution >= 0.6 is 0 Å². The summed E-state index contributed by atoms with van der Waals surface area (Å²) in [6, 6.07) is 5.09. The number of nitrogen functional groups attached to an aromatic ring is 1. The minimum Gasteiger partial charge on any atom is -0.490 e. The molecule has 0 heterocycles. The summed E-state index contributed by atoms with van der Waals surface area (Å²) in [5.74, 6) is 0.949. The van der Waals surface area contributed by atoms with Crippen molar-refractivity contribution in [3.8, 4) is 5.75 Å². The number of anilines is 1. The van der Waals surface area contributed by atoms with Gasteiger partial charge in [0, 0.05) is 5.69 Å². The summed E-state index contributed by atoms with van der Waals surface area (Å²) in [6.07, 6.45) is 4.77. The molecule has 0 bridgehead atoms. The van der Waals surface area contributed by atoms with Crippen LogP contribution in [0.5, 0.6) is 5.75 Å². The molecule has 4 heteroatoms. The molecule has 98 valence electrons. The number of rotatable bonds is 3. The Morgan fingerprint density at radius 1 is 1.28 bits per heavy atom. The van der Waals surface area contributed by atoms with Crippen molar-refractivity contribution in [1.29, 1.82) is 0 Å². The van der Waals surface area contributed by atoms with Crippen LogP contribution < -0.4 is 16.2 Å². The largest absolute Gasteiger partial charge is 0.490 e. The van der Waals surface area contributed by atoms with Gasteiger partial charge >= 0.3 is 0 Å². The van der Waals surface area contributed by atoms with E-state index < -0.39 is 5.91 Å². The van der Waals surface area contributed by atoms with Gasteiger partial charge < -0.3 is 16.2 Å². The zero-order chi connectivity index (χ0) is 13.1. The zero-order valence-corrected chi connectivity index (χ0v) is 10.7. The summed E-state index contributed by atoms with van der Waals surface area (Å²) in [7, 11) is 0. The number of hydrogen-bond donors (Lipinski definition) is 2. The van der Waals surface area contributed by atoms with Crippen LogP contribution in [-0.2, 0) is 0 Å². The molecule has 1 amide bonds. The highest BCUT2D eigenvalue weighted by Crippen LogP contribution is 2.28. The molecule has 1 saturated carbocycles. The third-order valence-electron chi connectivity index (χ3n) is 3.56. The standard InChI is InChI=1S/C14H20N2O2/c1-9-2-4-10(5-3-9)18-11-6-7-13(15)12(8-11)14(16)17/h6-10H,2-5,15H2,1H3,(H2,16,17). The smallest absolute Gasteiger partial charge is 0.250 e. The monoisotopic (exact) mass is 248 g/mol. The zero-order valence-electron chi connectivity index (χ0n) is 10.7. The summed E-state index contributed by atoms with van der Waals surface area (Å²) < 4.78 is 5.89.